The molecule has 0 saturated carbocycles. The third-order valence-corrected chi connectivity index (χ3v) is 3.34. The van der Waals surface area contributed by atoms with Crippen molar-refractivity contribution in [2.75, 3.05) is 17.7 Å². The third kappa shape index (κ3) is 3.57. The molecule has 0 aliphatic heterocycles. The van der Waals surface area contributed by atoms with Crippen LogP contribution in [0.4, 0.5) is 26.2 Å². The van der Waals surface area contributed by atoms with Crippen LogP contribution >= 0.6 is 11.8 Å². The number of aromatic nitrogens is 2. The van der Waals surface area contributed by atoms with E-state index in [1.165, 1.54) is 0 Å². The number of aryl methyl sites for hydroxylation is 1. The molecule has 4 nitrogen and oxygen atoms in total. The van der Waals surface area contributed by atoms with Gasteiger partial charge in [0.2, 0.25) is 5.95 Å². The molecular formula is C13H14F2N4S. The highest BCUT2D eigenvalue weighted by Gasteiger charge is 2.11. The first-order chi connectivity index (χ1) is 9.60. The van der Waals surface area contributed by atoms with Crippen molar-refractivity contribution < 1.29 is 8.78 Å². The Labute approximate surface area is 120 Å². The van der Waals surface area contributed by atoms with Crippen molar-refractivity contribution in [2.24, 2.45) is 0 Å². The Balaban J connectivity index is 2.30. The van der Waals surface area contributed by atoms with Crippen LogP contribution in [0.2, 0.25) is 0 Å². The van der Waals surface area contributed by atoms with Crippen LogP contribution < -0.4 is 10.6 Å². The van der Waals surface area contributed by atoms with Crippen LogP contribution in [-0.4, -0.2) is 22.8 Å². The number of hydrogen-bond acceptors (Lipinski definition) is 5. The van der Waals surface area contributed by atoms with Crippen LogP contribution in [0.25, 0.3) is 0 Å². The van der Waals surface area contributed by atoms with Gasteiger partial charge in [-0.2, -0.15) is 13.8 Å². The van der Waals surface area contributed by atoms with Gasteiger partial charge in [-0.3, -0.25) is 0 Å². The van der Waals surface area contributed by atoms with Gasteiger partial charge in [0.15, 0.2) is 0 Å². The van der Waals surface area contributed by atoms with Crippen LogP contribution in [0.3, 0.4) is 0 Å². The minimum atomic E-state index is -2.46. The number of benzene rings is 1. The molecular weight excluding hydrogens is 282 g/mol. The monoisotopic (exact) mass is 296 g/mol. The van der Waals surface area contributed by atoms with Crippen molar-refractivity contribution in [3.8, 4) is 0 Å². The van der Waals surface area contributed by atoms with Crippen LogP contribution in [-0.2, 0) is 0 Å². The first-order valence-electron chi connectivity index (χ1n) is 5.92. The van der Waals surface area contributed by atoms with Gasteiger partial charge in [-0.1, -0.05) is 23.9 Å². The fourth-order valence-electron chi connectivity index (χ4n) is 1.59. The number of alkyl halides is 2. The molecule has 0 aliphatic rings. The maximum absolute atomic E-state index is 12.5. The summed E-state index contributed by atoms with van der Waals surface area (Å²) < 4.78 is 25.1. The average molecular weight is 296 g/mol. The van der Waals surface area contributed by atoms with E-state index in [1.54, 1.807) is 37.5 Å². The van der Waals surface area contributed by atoms with E-state index in [2.05, 4.69) is 20.6 Å². The van der Waals surface area contributed by atoms with E-state index in [1.807, 2.05) is 6.92 Å². The van der Waals surface area contributed by atoms with E-state index < -0.39 is 5.76 Å². The maximum atomic E-state index is 12.5. The fraction of sp³-hybridized carbons (Fsp3) is 0.231. The smallest absolute Gasteiger partial charge is 0.288 e. The Morgan fingerprint density at radius 3 is 2.70 bits per heavy atom. The normalized spacial score (nSPS) is 10.7. The van der Waals surface area contributed by atoms with Gasteiger partial charge in [-0.25, -0.2) is 4.98 Å². The molecule has 0 radical (unpaired) electrons. The molecule has 0 atom stereocenters. The van der Waals surface area contributed by atoms with Gasteiger partial charge in [-0.15, -0.1) is 0 Å². The highest BCUT2D eigenvalue weighted by atomic mass is 32.2. The van der Waals surface area contributed by atoms with Gasteiger partial charge >= 0.3 is 0 Å². The summed E-state index contributed by atoms with van der Waals surface area (Å²) in [7, 11) is 1.72. The van der Waals surface area contributed by atoms with Crippen molar-refractivity contribution >= 4 is 29.2 Å². The van der Waals surface area contributed by atoms with Crippen molar-refractivity contribution in [2.45, 2.75) is 17.6 Å². The van der Waals surface area contributed by atoms with Crippen molar-refractivity contribution in [3.05, 3.63) is 36.0 Å². The summed E-state index contributed by atoms with van der Waals surface area (Å²) in [6.07, 6.45) is 1.67. The van der Waals surface area contributed by atoms with Crippen LogP contribution in [0.1, 0.15) is 5.56 Å². The largest absolute Gasteiger partial charge is 0.357 e. The second kappa shape index (κ2) is 6.51. The Morgan fingerprint density at radius 1 is 1.25 bits per heavy atom. The zero-order valence-electron chi connectivity index (χ0n) is 11.0. The summed E-state index contributed by atoms with van der Waals surface area (Å²) in [5, 5.41) is 5.92. The molecule has 0 amide bonds. The van der Waals surface area contributed by atoms with E-state index >= 15 is 0 Å². The molecule has 2 aromatic rings. The molecule has 1 aromatic heterocycles. The Hall–Kier alpha value is -1.89. The van der Waals surface area contributed by atoms with Gasteiger partial charge in [0.25, 0.3) is 5.76 Å². The Bertz CT molecular complexity index is 592. The molecule has 0 aliphatic carbocycles. The van der Waals surface area contributed by atoms with Gasteiger partial charge in [-0.05, 0) is 19.1 Å². The number of hydrogen-bond donors (Lipinski definition) is 2. The fourth-order valence-corrected chi connectivity index (χ4v) is 2.18. The number of para-hydroxylation sites is 1. The predicted molar refractivity (Wildman–Crippen MR) is 77.9 cm³/mol. The second-order valence-corrected chi connectivity index (χ2v) is 5.01. The molecule has 2 N–H and O–H groups in total. The third-order valence-electron chi connectivity index (χ3n) is 2.55. The van der Waals surface area contributed by atoms with Crippen molar-refractivity contribution in [3.63, 3.8) is 0 Å². The molecule has 106 valence electrons. The zero-order valence-corrected chi connectivity index (χ0v) is 11.8. The molecule has 1 aromatic carbocycles. The summed E-state index contributed by atoms with van der Waals surface area (Å²) >= 11 is 0.505. The van der Waals surface area contributed by atoms with Gasteiger partial charge < -0.3 is 10.6 Å². The summed E-state index contributed by atoms with van der Waals surface area (Å²) in [5.41, 5.74) is 1.43. The van der Waals surface area contributed by atoms with Crippen LogP contribution in [0.5, 0.6) is 0 Å². The molecule has 0 saturated heterocycles. The SMILES string of the molecule is CNc1ncc(C)c(Nc2ccccc2SC(F)F)n1. The van der Waals surface area contributed by atoms with E-state index in [0.29, 0.717) is 34.1 Å². The van der Waals surface area contributed by atoms with E-state index in [0.717, 1.165) is 5.56 Å². The van der Waals surface area contributed by atoms with Crippen molar-refractivity contribution in [1.29, 1.82) is 0 Å². The highest BCUT2D eigenvalue weighted by molar-refractivity contribution is 7.99. The lowest BCUT2D eigenvalue weighted by atomic mass is 10.3. The Morgan fingerprint density at radius 2 is 2.00 bits per heavy atom. The maximum Gasteiger partial charge on any atom is 0.288 e. The predicted octanol–water partition coefficient (Wildman–Crippen LogP) is 3.89. The summed E-state index contributed by atoms with van der Waals surface area (Å²) in [5.74, 6) is -1.40. The summed E-state index contributed by atoms with van der Waals surface area (Å²) in [6, 6.07) is 6.90. The van der Waals surface area contributed by atoms with E-state index in [4.69, 9.17) is 0 Å². The number of nitrogens with one attached hydrogen (secondary N) is 2. The summed E-state index contributed by atoms with van der Waals surface area (Å²) in [6.45, 7) is 1.85. The quantitative estimate of drug-likeness (QED) is 0.820. The Kier molecular flexibility index (Phi) is 4.73. The van der Waals surface area contributed by atoms with Crippen molar-refractivity contribution in [1.82, 2.24) is 9.97 Å². The molecule has 0 unspecified atom stereocenters. The topological polar surface area (TPSA) is 49.8 Å². The minimum Gasteiger partial charge on any atom is -0.357 e. The number of nitrogens with zero attached hydrogens (tertiary/aromatic N) is 2. The lowest BCUT2D eigenvalue weighted by Gasteiger charge is -2.13. The van der Waals surface area contributed by atoms with Crippen LogP contribution in [0, 0.1) is 6.92 Å². The second-order valence-electron chi connectivity index (χ2n) is 3.97. The minimum absolute atomic E-state index is 0.470. The number of rotatable bonds is 5. The molecule has 0 fully saturated rings. The number of halogens is 2. The number of thioether (sulfide) groups is 1. The first kappa shape index (κ1) is 14.5. The molecule has 1 heterocycles. The van der Waals surface area contributed by atoms with Gasteiger partial charge in [0.05, 0.1) is 5.69 Å². The van der Waals surface area contributed by atoms with E-state index in [9.17, 15) is 8.78 Å². The summed E-state index contributed by atoms with van der Waals surface area (Å²) in [4.78, 5) is 8.84. The molecule has 7 heteroatoms. The molecule has 2 rings (SSSR count). The highest BCUT2D eigenvalue weighted by Crippen LogP contribution is 2.33. The molecule has 0 spiro atoms. The van der Waals surface area contributed by atoms with Crippen LogP contribution in [0.15, 0.2) is 35.4 Å². The zero-order chi connectivity index (χ0) is 14.5. The molecule has 0 bridgehead atoms. The number of anilines is 3. The lowest BCUT2D eigenvalue weighted by molar-refractivity contribution is 0.252. The lowest BCUT2D eigenvalue weighted by Crippen LogP contribution is -2.03. The standard InChI is InChI=1S/C13H14F2N4S/c1-8-7-17-13(16-2)19-11(8)18-9-5-3-4-6-10(9)20-12(14)15/h3-7,12H,1-2H3,(H2,16,17,18,19). The average Bonchev–Trinajstić information content (AvgIpc) is 2.43. The molecule has 20 heavy (non-hydrogen) atoms. The van der Waals surface area contributed by atoms with E-state index in [-0.39, 0.29) is 0 Å². The van der Waals surface area contributed by atoms with Gasteiger partial charge in [0.1, 0.15) is 5.82 Å². The first-order valence-corrected chi connectivity index (χ1v) is 6.80. The van der Waals surface area contributed by atoms with Gasteiger partial charge in [0, 0.05) is 23.7 Å².